The van der Waals surface area contributed by atoms with Gasteiger partial charge in [-0.15, -0.1) is 0 Å². The molecule has 3 aromatic carbocycles. The number of ether oxygens (including phenoxy) is 1. The van der Waals surface area contributed by atoms with Crippen LogP contribution in [0.25, 0.3) is 33.2 Å². The molecule has 0 bridgehead atoms. The highest BCUT2D eigenvalue weighted by Gasteiger charge is 2.21. The Balaban J connectivity index is 1.12. The van der Waals surface area contributed by atoms with E-state index in [2.05, 4.69) is 32.0 Å². The lowest BCUT2D eigenvalue weighted by molar-refractivity contribution is -0.140. The third-order valence-electron chi connectivity index (χ3n) is 9.78. The van der Waals surface area contributed by atoms with E-state index in [0.29, 0.717) is 57.6 Å². The van der Waals surface area contributed by atoms with E-state index in [4.69, 9.17) is 33.0 Å². The standard InChI is InChI=1S/C42H38Cl2N8O5/c43-36-12-28(18-49-37(23-53)42(55)56)39(57-24-26-11-25(14-45)15-46-16-26)13-29(36)22-52-38-6-2-4-33(35(38)21-50-52)34-5-1-3-32(41(34)44)27-7-8-30(48-17-27)19-47-20-31-9-10-40(54)51-31/h1-8,11-13,15-17,21,31,37,47,49,53H,9-10,18-20,22-24H2,(H,51,54)(H,55,56)/t31-,37-/m0/s1. The fraction of sp³-hybridized carbons (Fsp3) is 0.238. The molecule has 0 unspecified atom stereocenters. The van der Waals surface area contributed by atoms with E-state index in [9.17, 15) is 25.1 Å². The third kappa shape index (κ3) is 9.23. The normalized spacial score (nSPS) is 14.4. The average Bonchev–Trinajstić information content (AvgIpc) is 3.84. The minimum atomic E-state index is -1.19. The number of carbonyl (C=O) groups is 2. The van der Waals surface area contributed by atoms with Gasteiger partial charge in [-0.05, 0) is 47.9 Å². The second-order valence-electron chi connectivity index (χ2n) is 13.7. The van der Waals surface area contributed by atoms with Crippen molar-refractivity contribution in [2.24, 2.45) is 0 Å². The highest BCUT2D eigenvalue weighted by molar-refractivity contribution is 6.36. The molecule has 3 aromatic heterocycles. The number of benzene rings is 3. The van der Waals surface area contributed by atoms with Crippen LogP contribution in [0, 0.1) is 11.3 Å². The topological polar surface area (TPSA) is 187 Å². The Morgan fingerprint density at radius 1 is 1.02 bits per heavy atom. The summed E-state index contributed by atoms with van der Waals surface area (Å²) in [6.07, 6.45) is 8.09. The number of hydrogen-bond donors (Lipinski definition) is 5. The molecular formula is C42H38Cl2N8O5. The highest BCUT2D eigenvalue weighted by Crippen LogP contribution is 2.39. The summed E-state index contributed by atoms with van der Waals surface area (Å²) in [5.41, 5.74) is 7.54. The number of fused-ring (bicyclic) bond motifs is 1. The van der Waals surface area contributed by atoms with Crippen molar-refractivity contribution in [2.45, 2.75) is 51.2 Å². The molecule has 15 heteroatoms. The Bertz CT molecular complexity index is 2470. The fourth-order valence-corrected chi connectivity index (χ4v) is 7.35. The Kier molecular flexibility index (Phi) is 12.4. The Labute approximate surface area is 338 Å². The Hall–Kier alpha value is -5.88. The Morgan fingerprint density at radius 2 is 1.84 bits per heavy atom. The maximum atomic E-state index is 11.6. The summed E-state index contributed by atoms with van der Waals surface area (Å²) in [7, 11) is 0. The summed E-state index contributed by atoms with van der Waals surface area (Å²) in [4.78, 5) is 31.8. The van der Waals surface area contributed by atoms with Gasteiger partial charge in [-0.25, -0.2) is 0 Å². The maximum absolute atomic E-state index is 11.6. The van der Waals surface area contributed by atoms with Crippen LogP contribution in [0.5, 0.6) is 5.75 Å². The second kappa shape index (κ2) is 17.9. The van der Waals surface area contributed by atoms with Crippen molar-refractivity contribution in [2.75, 3.05) is 13.2 Å². The van der Waals surface area contributed by atoms with Crippen LogP contribution < -0.4 is 20.7 Å². The van der Waals surface area contributed by atoms with E-state index in [1.54, 1.807) is 30.6 Å². The van der Waals surface area contributed by atoms with E-state index >= 15 is 0 Å². The quantitative estimate of drug-likeness (QED) is 0.0788. The molecule has 0 aliphatic carbocycles. The first-order valence-corrected chi connectivity index (χ1v) is 19.0. The number of aliphatic carboxylic acids is 1. The lowest BCUT2D eigenvalue weighted by Gasteiger charge is -2.18. The molecule has 7 rings (SSSR count). The van der Waals surface area contributed by atoms with Gasteiger partial charge >= 0.3 is 5.97 Å². The zero-order valence-electron chi connectivity index (χ0n) is 30.6. The van der Waals surface area contributed by atoms with Crippen molar-refractivity contribution >= 4 is 46.0 Å². The number of aliphatic hydroxyl groups excluding tert-OH is 1. The summed E-state index contributed by atoms with van der Waals surface area (Å²) in [5.74, 6) is -0.657. The molecule has 1 saturated heterocycles. The number of carboxylic acid groups (broad SMARTS) is 1. The predicted octanol–water partition coefficient (Wildman–Crippen LogP) is 5.87. The second-order valence-corrected chi connectivity index (χ2v) is 14.5. The number of nitrogens with zero attached hydrogens (tertiary/aromatic N) is 5. The van der Waals surface area contributed by atoms with Crippen molar-refractivity contribution in [1.29, 1.82) is 5.26 Å². The first kappa shape index (κ1) is 39.4. The van der Waals surface area contributed by atoms with Crippen LogP contribution >= 0.6 is 23.2 Å². The van der Waals surface area contributed by atoms with Gasteiger partial charge in [-0.3, -0.25) is 29.6 Å². The summed E-state index contributed by atoms with van der Waals surface area (Å²) >= 11 is 14.0. The first-order chi connectivity index (χ1) is 27.7. The SMILES string of the molecule is N#Cc1cncc(COc2cc(Cn3ncc4c(-c5cccc(-c6ccc(CNC[C@@H]7CCC(=O)N7)nc6)c5Cl)cccc43)c(Cl)cc2CN[C@@H](CO)C(=O)O)c1. The van der Waals surface area contributed by atoms with Crippen molar-refractivity contribution in [3.63, 3.8) is 0 Å². The third-order valence-corrected chi connectivity index (χ3v) is 10.5. The van der Waals surface area contributed by atoms with Crippen LogP contribution in [-0.2, 0) is 35.8 Å². The van der Waals surface area contributed by atoms with Crippen LogP contribution in [0.15, 0.2) is 91.5 Å². The van der Waals surface area contributed by atoms with Crippen molar-refractivity contribution in [3.8, 4) is 34.1 Å². The number of nitriles is 1. The zero-order chi connectivity index (χ0) is 39.9. The zero-order valence-corrected chi connectivity index (χ0v) is 32.1. The van der Waals surface area contributed by atoms with Gasteiger partial charge in [-0.1, -0.05) is 59.6 Å². The average molecular weight is 806 g/mol. The molecule has 1 aliphatic rings. The van der Waals surface area contributed by atoms with Crippen LogP contribution in [0.4, 0.5) is 0 Å². The molecule has 4 heterocycles. The van der Waals surface area contributed by atoms with E-state index < -0.39 is 18.6 Å². The Morgan fingerprint density at radius 3 is 2.60 bits per heavy atom. The molecule has 0 spiro atoms. The number of nitrogens with one attached hydrogen (secondary N) is 3. The highest BCUT2D eigenvalue weighted by atomic mass is 35.5. The van der Waals surface area contributed by atoms with Gasteiger partial charge < -0.3 is 25.6 Å². The van der Waals surface area contributed by atoms with E-state index in [1.165, 1.54) is 6.20 Å². The van der Waals surface area contributed by atoms with E-state index in [1.807, 2.05) is 59.4 Å². The molecule has 13 nitrogen and oxygen atoms in total. The number of carbonyl (C=O) groups excluding carboxylic acids is 1. The fourth-order valence-electron chi connectivity index (χ4n) is 6.76. The van der Waals surface area contributed by atoms with Crippen molar-refractivity contribution in [3.05, 3.63) is 130 Å². The number of carboxylic acids is 1. The molecule has 5 N–H and O–H groups in total. The van der Waals surface area contributed by atoms with Gasteiger partial charge in [0, 0.05) is 88.9 Å². The largest absolute Gasteiger partial charge is 0.489 e. The molecule has 2 atom stereocenters. The smallest absolute Gasteiger partial charge is 0.323 e. The van der Waals surface area contributed by atoms with Gasteiger partial charge in [0.25, 0.3) is 0 Å². The van der Waals surface area contributed by atoms with Gasteiger partial charge in [0.15, 0.2) is 0 Å². The predicted molar refractivity (Wildman–Crippen MR) is 215 cm³/mol. The molecule has 0 radical (unpaired) electrons. The number of pyridine rings is 2. The molecular weight excluding hydrogens is 767 g/mol. The van der Waals surface area contributed by atoms with Crippen LogP contribution in [0.1, 0.15) is 40.8 Å². The minimum Gasteiger partial charge on any atom is -0.489 e. The lowest BCUT2D eigenvalue weighted by atomic mass is 9.97. The molecule has 57 heavy (non-hydrogen) atoms. The van der Waals surface area contributed by atoms with E-state index in [-0.39, 0.29) is 31.6 Å². The van der Waals surface area contributed by atoms with Crippen LogP contribution in [0.3, 0.4) is 0 Å². The van der Waals surface area contributed by atoms with Crippen molar-refractivity contribution in [1.82, 2.24) is 35.7 Å². The molecule has 290 valence electrons. The number of rotatable bonds is 16. The van der Waals surface area contributed by atoms with Crippen LogP contribution in [0.2, 0.25) is 10.0 Å². The van der Waals surface area contributed by atoms with Gasteiger partial charge in [0.1, 0.15) is 24.5 Å². The number of amides is 1. The summed E-state index contributed by atoms with van der Waals surface area (Å²) < 4.78 is 8.05. The molecule has 0 saturated carbocycles. The molecule has 1 aliphatic heterocycles. The first-order valence-electron chi connectivity index (χ1n) is 18.2. The molecule has 6 aromatic rings. The molecule has 1 amide bonds. The van der Waals surface area contributed by atoms with Gasteiger partial charge in [0.05, 0.1) is 41.1 Å². The number of hydrogen-bond acceptors (Lipinski definition) is 10. The number of aromatic nitrogens is 4. The maximum Gasteiger partial charge on any atom is 0.323 e. The summed E-state index contributed by atoms with van der Waals surface area (Å²) in [6.45, 7) is 1.11. The van der Waals surface area contributed by atoms with Crippen molar-refractivity contribution < 1.29 is 24.5 Å². The lowest BCUT2D eigenvalue weighted by Crippen LogP contribution is -2.39. The van der Waals surface area contributed by atoms with Gasteiger partial charge in [0.2, 0.25) is 5.91 Å². The van der Waals surface area contributed by atoms with Crippen LogP contribution in [-0.4, -0.2) is 67.1 Å². The minimum absolute atomic E-state index is 0.0526. The number of halogens is 2. The number of aliphatic hydroxyl groups is 1. The summed E-state index contributed by atoms with van der Waals surface area (Å²) in [6, 6.07) is 22.0. The molecule has 1 fully saturated rings. The monoisotopic (exact) mass is 804 g/mol. The van der Waals surface area contributed by atoms with Gasteiger partial charge in [-0.2, -0.15) is 10.4 Å². The van der Waals surface area contributed by atoms with E-state index in [0.717, 1.165) is 45.3 Å². The summed E-state index contributed by atoms with van der Waals surface area (Å²) in [5, 5.41) is 44.1.